The van der Waals surface area contributed by atoms with Crippen LogP contribution in [0.1, 0.15) is 36.8 Å². The fraction of sp³-hybridized carbons (Fsp3) is 0.522. The van der Waals surface area contributed by atoms with Crippen molar-refractivity contribution in [1.29, 1.82) is 0 Å². The highest BCUT2D eigenvalue weighted by atomic mass is 16.3. The average Bonchev–Trinajstić information content (AvgIpc) is 3.30. The van der Waals surface area contributed by atoms with Gasteiger partial charge in [0.2, 0.25) is 5.95 Å². The van der Waals surface area contributed by atoms with Gasteiger partial charge in [-0.15, -0.1) is 0 Å². The first-order valence-electron chi connectivity index (χ1n) is 11.1. The second kappa shape index (κ2) is 9.01. The highest BCUT2D eigenvalue weighted by Crippen LogP contribution is 2.37. The van der Waals surface area contributed by atoms with Crippen LogP contribution in [0.3, 0.4) is 0 Å². The van der Waals surface area contributed by atoms with E-state index in [9.17, 15) is 15.3 Å². The van der Waals surface area contributed by atoms with Crippen LogP contribution >= 0.6 is 0 Å². The van der Waals surface area contributed by atoms with E-state index in [4.69, 9.17) is 4.42 Å². The van der Waals surface area contributed by atoms with Crippen molar-refractivity contribution < 1.29 is 19.7 Å². The summed E-state index contributed by atoms with van der Waals surface area (Å²) in [5.41, 5.74) is 3.97. The summed E-state index contributed by atoms with van der Waals surface area (Å²) in [4.78, 5) is 13.8. The Morgan fingerprint density at radius 2 is 1.88 bits per heavy atom. The van der Waals surface area contributed by atoms with Crippen molar-refractivity contribution in [2.24, 2.45) is 5.92 Å². The maximum atomic E-state index is 10.5. The molecule has 172 valence electrons. The fourth-order valence-electron chi connectivity index (χ4n) is 4.49. The normalized spacial score (nSPS) is 23.1. The summed E-state index contributed by atoms with van der Waals surface area (Å²) in [7, 11) is 1.74. The molecule has 3 aromatic rings. The van der Waals surface area contributed by atoms with Crippen LogP contribution in [-0.2, 0) is 6.42 Å². The van der Waals surface area contributed by atoms with E-state index in [1.807, 2.05) is 26.0 Å². The third-order valence-electron chi connectivity index (χ3n) is 6.15. The van der Waals surface area contributed by atoms with Crippen molar-refractivity contribution in [1.82, 2.24) is 15.0 Å². The second-order valence-corrected chi connectivity index (χ2v) is 8.49. The Morgan fingerprint density at radius 1 is 1.09 bits per heavy atom. The highest BCUT2D eigenvalue weighted by molar-refractivity contribution is 5.87. The molecule has 5 N–H and O–H groups in total. The first-order chi connectivity index (χ1) is 15.4. The molecule has 0 radical (unpaired) electrons. The van der Waals surface area contributed by atoms with Crippen LogP contribution in [0.2, 0.25) is 0 Å². The van der Waals surface area contributed by atoms with Crippen LogP contribution in [0, 0.1) is 19.8 Å². The highest BCUT2D eigenvalue weighted by Gasteiger charge is 2.41. The largest absolute Gasteiger partial charge is 0.454 e. The third-order valence-corrected chi connectivity index (χ3v) is 6.15. The van der Waals surface area contributed by atoms with Crippen LogP contribution in [0.15, 0.2) is 16.5 Å². The fourth-order valence-corrected chi connectivity index (χ4v) is 4.49. The maximum Gasteiger partial charge on any atom is 0.224 e. The molecule has 9 nitrogen and oxygen atoms in total. The molecule has 0 aromatic carbocycles. The number of hydrogen-bond donors (Lipinski definition) is 5. The maximum absolute atomic E-state index is 10.5. The molecule has 0 saturated heterocycles. The Hall–Kier alpha value is -2.75. The van der Waals surface area contributed by atoms with E-state index in [1.165, 1.54) is 0 Å². The van der Waals surface area contributed by atoms with Crippen LogP contribution < -0.4 is 10.6 Å². The lowest BCUT2D eigenvalue weighted by Crippen LogP contribution is -2.35. The molecular formula is C23H31N5O4. The summed E-state index contributed by atoms with van der Waals surface area (Å²) >= 11 is 0. The van der Waals surface area contributed by atoms with Crippen LogP contribution in [0.4, 0.5) is 11.8 Å². The van der Waals surface area contributed by atoms with Crippen molar-refractivity contribution in [3.05, 3.63) is 29.2 Å². The summed E-state index contributed by atoms with van der Waals surface area (Å²) in [6.07, 6.45) is 0.313. The number of anilines is 2. The first kappa shape index (κ1) is 22.4. The molecule has 0 amide bonds. The van der Waals surface area contributed by atoms with Crippen molar-refractivity contribution >= 4 is 22.7 Å². The molecule has 1 aliphatic carbocycles. The van der Waals surface area contributed by atoms with Crippen molar-refractivity contribution in [3.63, 3.8) is 0 Å². The Morgan fingerprint density at radius 3 is 2.53 bits per heavy atom. The lowest BCUT2D eigenvalue weighted by atomic mass is 10.1. The molecule has 32 heavy (non-hydrogen) atoms. The summed E-state index contributed by atoms with van der Waals surface area (Å²) < 4.78 is 6.21. The van der Waals surface area contributed by atoms with E-state index in [0.29, 0.717) is 35.2 Å². The topological polar surface area (TPSA) is 137 Å². The summed E-state index contributed by atoms with van der Waals surface area (Å²) in [6.45, 7) is 5.75. The molecule has 3 heterocycles. The van der Waals surface area contributed by atoms with Gasteiger partial charge in [-0.05, 0) is 38.8 Å². The van der Waals surface area contributed by atoms with E-state index in [-0.39, 0.29) is 6.61 Å². The molecular weight excluding hydrogens is 410 g/mol. The second-order valence-electron chi connectivity index (χ2n) is 8.49. The average molecular weight is 442 g/mol. The van der Waals surface area contributed by atoms with Crippen molar-refractivity contribution in [2.45, 2.75) is 58.3 Å². The molecule has 0 bridgehead atoms. The Bertz CT molecular complexity index is 1120. The molecule has 3 aromatic heterocycles. The molecule has 1 saturated carbocycles. The number of furan rings is 1. The summed E-state index contributed by atoms with van der Waals surface area (Å²) in [5, 5.41) is 37.4. The number of hydrogen-bond acceptors (Lipinski definition) is 9. The zero-order valence-corrected chi connectivity index (χ0v) is 18.9. The van der Waals surface area contributed by atoms with E-state index in [0.717, 1.165) is 35.2 Å². The first-order valence-corrected chi connectivity index (χ1v) is 11.1. The van der Waals surface area contributed by atoms with Crippen molar-refractivity contribution in [2.75, 3.05) is 24.3 Å². The van der Waals surface area contributed by atoms with E-state index in [1.54, 1.807) is 7.05 Å². The Labute approximate surface area is 186 Å². The lowest BCUT2D eigenvalue weighted by molar-refractivity contribution is 0.00446. The molecule has 1 aliphatic rings. The number of pyridine rings is 1. The number of fused-ring (bicyclic) bond motifs is 1. The predicted octanol–water partition coefficient (Wildman–Crippen LogP) is 2.41. The van der Waals surface area contributed by atoms with Gasteiger partial charge in [0, 0.05) is 30.7 Å². The van der Waals surface area contributed by atoms with Gasteiger partial charge in [0.05, 0.1) is 29.1 Å². The number of aliphatic hydroxyl groups excluding tert-OH is 3. The molecule has 1 fully saturated rings. The monoisotopic (exact) mass is 441 g/mol. The Balaban J connectivity index is 1.78. The van der Waals surface area contributed by atoms with Gasteiger partial charge in [0.1, 0.15) is 17.7 Å². The van der Waals surface area contributed by atoms with E-state index < -0.39 is 24.2 Å². The number of aliphatic hydroxyl groups is 3. The lowest BCUT2D eigenvalue weighted by Gasteiger charge is -2.21. The van der Waals surface area contributed by atoms with Gasteiger partial charge in [-0.2, -0.15) is 4.98 Å². The predicted molar refractivity (Wildman–Crippen MR) is 123 cm³/mol. The van der Waals surface area contributed by atoms with E-state index in [2.05, 4.69) is 32.5 Å². The molecule has 0 aliphatic heterocycles. The van der Waals surface area contributed by atoms with Gasteiger partial charge < -0.3 is 30.4 Å². The van der Waals surface area contributed by atoms with E-state index >= 15 is 0 Å². The minimum atomic E-state index is -1.02. The standard InChI is InChI=1S/C23H31N5O4/c1-5-6-15-7-13-9-17(32-21(13)12(3)25-15)18-11(2)26-23(24-4)28-22(18)27-16-8-14(10-29)19(30)20(16)31/h7,9,14,16,19-20,29-31H,5-6,8,10H2,1-4H3,(H2,24,26,27,28)/t14-,16-,19-,20+/m1/s1. The van der Waals surface area contributed by atoms with Crippen molar-refractivity contribution in [3.8, 4) is 11.3 Å². The van der Waals surface area contributed by atoms with Gasteiger partial charge in [-0.3, -0.25) is 4.98 Å². The zero-order chi connectivity index (χ0) is 23.0. The molecule has 0 unspecified atom stereocenters. The Kier molecular flexibility index (Phi) is 6.32. The van der Waals surface area contributed by atoms with Gasteiger partial charge in [0.25, 0.3) is 0 Å². The van der Waals surface area contributed by atoms with Gasteiger partial charge in [0.15, 0.2) is 5.58 Å². The van der Waals surface area contributed by atoms with Gasteiger partial charge in [-0.1, -0.05) is 13.3 Å². The number of nitrogens with zero attached hydrogens (tertiary/aromatic N) is 3. The zero-order valence-electron chi connectivity index (χ0n) is 18.9. The molecule has 4 atom stereocenters. The minimum absolute atomic E-state index is 0.191. The van der Waals surface area contributed by atoms with Gasteiger partial charge in [-0.25, -0.2) is 4.98 Å². The van der Waals surface area contributed by atoms with Gasteiger partial charge >= 0.3 is 0 Å². The number of aromatic nitrogens is 3. The molecule has 0 spiro atoms. The number of rotatable bonds is 7. The number of aryl methyl sites for hydroxylation is 3. The summed E-state index contributed by atoms with van der Waals surface area (Å²) in [6, 6.07) is 3.55. The molecule has 9 heteroatoms. The number of nitrogens with one attached hydrogen (secondary N) is 2. The van der Waals surface area contributed by atoms with Crippen LogP contribution in [-0.4, -0.2) is 62.2 Å². The van der Waals surface area contributed by atoms with Crippen LogP contribution in [0.5, 0.6) is 0 Å². The third kappa shape index (κ3) is 4.03. The summed E-state index contributed by atoms with van der Waals surface area (Å²) in [5.74, 6) is 1.14. The smallest absolute Gasteiger partial charge is 0.224 e. The molecule has 4 rings (SSSR count). The quantitative estimate of drug-likeness (QED) is 0.374. The SMILES string of the molecule is CCCc1cc2cc(-c3c(C)nc(NC)nc3N[C@@H]3C[C@H](CO)[C@@H](O)[C@H]3O)oc2c(C)n1. The minimum Gasteiger partial charge on any atom is -0.454 e. The van der Waals surface area contributed by atoms with Crippen LogP contribution in [0.25, 0.3) is 22.3 Å².